The van der Waals surface area contributed by atoms with E-state index in [0.29, 0.717) is 30.0 Å². The van der Waals surface area contributed by atoms with Crippen LogP contribution in [0.2, 0.25) is 0 Å². The van der Waals surface area contributed by atoms with Crippen molar-refractivity contribution >= 4 is 27.5 Å². The third-order valence-corrected chi connectivity index (χ3v) is 5.95. The number of ether oxygens (including phenoxy) is 2. The van der Waals surface area contributed by atoms with Crippen molar-refractivity contribution in [3.8, 4) is 0 Å². The van der Waals surface area contributed by atoms with E-state index in [-0.39, 0.29) is 11.4 Å². The van der Waals surface area contributed by atoms with Crippen LogP contribution in [0.25, 0.3) is 21.5 Å². The van der Waals surface area contributed by atoms with Gasteiger partial charge in [-0.3, -0.25) is 14.5 Å². The molecule has 156 valence electrons. The van der Waals surface area contributed by atoms with E-state index in [4.69, 9.17) is 9.47 Å². The Kier molecular flexibility index (Phi) is 6.11. The van der Waals surface area contributed by atoms with E-state index in [2.05, 4.69) is 11.8 Å². The lowest BCUT2D eigenvalue weighted by molar-refractivity contribution is -0.146. The van der Waals surface area contributed by atoms with Crippen LogP contribution in [-0.4, -0.2) is 49.8 Å². The topological polar surface area (TPSA) is 55.8 Å². The van der Waals surface area contributed by atoms with E-state index in [1.807, 2.05) is 61.5 Å². The summed E-state index contributed by atoms with van der Waals surface area (Å²) in [5, 5.41) is 3.09. The number of carbonyl (C=O) groups is 1. The zero-order chi connectivity index (χ0) is 21.1. The molecule has 1 aliphatic heterocycles. The van der Waals surface area contributed by atoms with Gasteiger partial charge in [-0.1, -0.05) is 54.6 Å². The maximum Gasteiger partial charge on any atom is 0.313 e. The average Bonchev–Trinajstić information content (AvgIpc) is 2.91. The van der Waals surface area contributed by atoms with Crippen molar-refractivity contribution < 1.29 is 14.3 Å². The molecule has 0 N–H and O–H groups in total. The second kappa shape index (κ2) is 8.94. The van der Waals surface area contributed by atoms with Crippen molar-refractivity contribution in [2.75, 3.05) is 32.9 Å². The number of carbonyl (C=O) groups excluding carboxylic acids is 1. The third-order valence-electron chi connectivity index (χ3n) is 5.95. The summed E-state index contributed by atoms with van der Waals surface area (Å²) in [4.78, 5) is 27.8. The van der Waals surface area contributed by atoms with Gasteiger partial charge in [-0.25, -0.2) is 0 Å². The molecule has 0 spiro atoms. The van der Waals surface area contributed by atoms with Gasteiger partial charge in [0.1, 0.15) is 6.61 Å². The van der Waals surface area contributed by atoms with Crippen LogP contribution in [0, 0.1) is 0 Å². The lowest BCUT2D eigenvalue weighted by Gasteiger charge is -2.32. The summed E-state index contributed by atoms with van der Waals surface area (Å²) in [5.41, 5.74) is 0.855. The number of nitrogens with zero attached hydrogens (tertiary/aromatic N) is 1. The number of esters is 1. The minimum atomic E-state index is -0.397. The zero-order valence-corrected chi connectivity index (χ0v) is 17.5. The molecule has 1 saturated heterocycles. The van der Waals surface area contributed by atoms with Gasteiger partial charge in [0.05, 0.1) is 19.1 Å². The predicted molar refractivity (Wildman–Crippen MR) is 119 cm³/mol. The Labute approximate surface area is 176 Å². The van der Waals surface area contributed by atoms with Gasteiger partial charge >= 0.3 is 5.97 Å². The number of benzene rings is 2. The van der Waals surface area contributed by atoms with Crippen molar-refractivity contribution in [2.24, 2.45) is 0 Å². The average molecular weight is 405 g/mol. The maximum atomic E-state index is 12.9. The third kappa shape index (κ3) is 4.23. The first-order valence-electron chi connectivity index (χ1n) is 10.5. The molecule has 0 saturated carbocycles. The van der Waals surface area contributed by atoms with Crippen molar-refractivity contribution in [2.45, 2.75) is 25.8 Å². The highest BCUT2D eigenvalue weighted by Gasteiger charge is 2.21. The molecule has 0 radical (unpaired) electrons. The summed E-state index contributed by atoms with van der Waals surface area (Å²) < 4.78 is 11.0. The fourth-order valence-electron chi connectivity index (χ4n) is 3.99. The Morgan fingerprint density at radius 1 is 1.13 bits per heavy atom. The SMILES string of the molecule is CC(C(=O)OCCN1CCOCC1C)c1ccc2c(=O)c3ccccc3ccc2c1. The summed E-state index contributed by atoms with van der Waals surface area (Å²) >= 11 is 0. The molecule has 2 atom stereocenters. The van der Waals surface area contributed by atoms with Gasteiger partial charge in [-0.2, -0.15) is 0 Å². The Balaban J connectivity index is 1.50. The van der Waals surface area contributed by atoms with Crippen LogP contribution >= 0.6 is 0 Å². The molecule has 0 bridgehead atoms. The van der Waals surface area contributed by atoms with Crippen molar-refractivity contribution in [1.82, 2.24) is 4.90 Å². The van der Waals surface area contributed by atoms with Crippen LogP contribution in [0.1, 0.15) is 25.3 Å². The second-order valence-electron chi connectivity index (χ2n) is 7.95. The summed E-state index contributed by atoms with van der Waals surface area (Å²) in [6, 6.07) is 17.4. The van der Waals surface area contributed by atoms with Crippen LogP contribution in [0.5, 0.6) is 0 Å². The quantitative estimate of drug-likeness (QED) is 0.606. The molecule has 2 unspecified atom stereocenters. The maximum absolute atomic E-state index is 12.9. The van der Waals surface area contributed by atoms with E-state index < -0.39 is 5.92 Å². The highest BCUT2D eigenvalue weighted by atomic mass is 16.5. The van der Waals surface area contributed by atoms with Crippen molar-refractivity contribution in [3.63, 3.8) is 0 Å². The normalized spacial score (nSPS) is 18.4. The predicted octanol–water partition coefficient (Wildman–Crippen LogP) is 3.72. The monoisotopic (exact) mass is 405 g/mol. The van der Waals surface area contributed by atoms with Gasteiger partial charge < -0.3 is 9.47 Å². The minimum Gasteiger partial charge on any atom is -0.464 e. The molecule has 3 aromatic rings. The van der Waals surface area contributed by atoms with E-state index in [1.165, 1.54) is 0 Å². The molecular weight excluding hydrogens is 378 g/mol. The number of morpholine rings is 1. The van der Waals surface area contributed by atoms with E-state index in [0.717, 1.165) is 36.1 Å². The van der Waals surface area contributed by atoms with Crippen molar-refractivity contribution in [1.29, 1.82) is 0 Å². The van der Waals surface area contributed by atoms with Crippen LogP contribution in [0.4, 0.5) is 0 Å². The van der Waals surface area contributed by atoms with Gasteiger partial charge in [0, 0.05) is 29.9 Å². The molecule has 30 heavy (non-hydrogen) atoms. The van der Waals surface area contributed by atoms with Gasteiger partial charge in [-0.15, -0.1) is 0 Å². The lowest BCUT2D eigenvalue weighted by atomic mass is 9.98. The lowest BCUT2D eigenvalue weighted by Crippen LogP contribution is -2.45. The fourth-order valence-corrected chi connectivity index (χ4v) is 3.99. The molecule has 1 heterocycles. The molecule has 4 rings (SSSR count). The summed E-state index contributed by atoms with van der Waals surface area (Å²) in [5.74, 6) is -0.644. The molecule has 3 aromatic carbocycles. The van der Waals surface area contributed by atoms with Gasteiger partial charge in [0.25, 0.3) is 0 Å². The molecular formula is C25H27NO4. The summed E-state index contributed by atoms with van der Waals surface area (Å²) in [7, 11) is 0. The first-order valence-corrected chi connectivity index (χ1v) is 10.5. The van der Waals surface area contributed by atoms with Crippen LogP contribution in [0.3, 0.4) is 0 Å². The zero-order valence-electron chi connectivity index (χ0n) is 17.5. The Morgan fingerprint density at radius 3 is 2.73 bits per heavy atom. The van der Waals surface area contributed by atoms with Crippen LogP contribution in [0.15, 0.2) is 59.4 Å². The van der Waals surface area contributed by atoms with E-state index in [9.17, 15) is 9.59 Å². The number of hydrogen-bond acceptors (Lipinski definition) is 5. The van der Waals surface area contributed by atoms with Gasteiger partial charge in [0.2, 0.25) is 0 Å². The number of rotatable bonds is 5. The van der Waals surface area contributed by atoms with Crippen LogP contribution < -0.4 is 5.43 Å². The van der Waals surface area contributed by atoms with Crippen molar-refractivity contribution in [3.05, 3.63) is 70.4 Å². The fraction of sp³-hybridized carbons (Fsp3) is 0.360. The molecule has 1 aliphatic rings. The van der Waals surface area contributed by atoms with Gasteiger partial charge in [-0.05, 0) is 30.2 Å². The molecule has 5 heteroatoms. The highest BCUT2D eigenvalue weighted by molar-refractivity contribution is 5.94. The largest absolute Gasteiger partial charge is 0.464 e. The Morgan fingerprint density at radius 2 is 1.90 bits per heavy atom. The minimum absolute atomic E-state index is 0.00649. The molecule has 0 aliphatic carbocycles. The standard InChI is InChI=1S/C25H27NO4/c1-17-16-29-13-11-26(17)12-14-30-25(28)18(2)20-9-10-23-21(15-20)8-7-19-5-3-4-6-22(19)24(23)27/h3-10,15,17-18H,11-14,16H2,1-2H3. The Hall–Kier alpha value is -2.76. The first-order chi connectivity index (χ1) is 14.5. The molecule has 1 fully saturated rings. The van der Waals surface area contributed by atoms with Crippen LogP contribution in [-0.2, 0) is 14.3 Å². The Bertz CT molecular complexity index is 1130. The summed E-state index contributed by atoms with van der Waals surface area (Å²) in [6.07, 6.45) is 0. The first kappa shape index (κ1) is 20.5. The molecule has 0 amide bonds. The second-order valence-corrected chi connectivity index (χ2v) is 7.95. The van der Waals surface area contributed by atoms with Gasteiger partial charge in [0.15, 0.2) is 5.43 Å². The smallest absolute Gasteiger partial charge is 0.313 e. The van der Waals surface area contributed by atoms with E-state index in [1.54, 1.807) is 0 Å². The molecule has 0 aromatic heterocycles. The number of hydrogen-bond donors (Lipinski definition) is 0. The number of fused-ring (bicyclic) bond motifs is 2. The molecule has 5 nitrogen and oxygen atoms in total. The summed E-state index contributed by atoms with van der Waals surface area (Å²) in [6.45, 7) is 7.34. The highest BCUT2D eigenvalue weighted by Crippen LogP contribution is 2.22. The van der Waals surface area contributed by atoms with E-state index >= 15 is 0 Å².